The van der Waals surface area contributed by atoms with Crippen LogP contribution in [0, 0.1) is 11.8 Å². The molecule has 0 radical (unpaired) electrons. The van der Waals surface area contributed by atoms with E-state index in [-0.39, 0.29) is 18.4 Å². The number of amides is 3. The molecule has 6 atom stereocenters. The Kier molecular flexibility index (Phi) is 7.24. The molecule has 6 rings (SSSR count). The van der Waals surface area contributed by atoms with Crippen LogP contribution in [0.4, 0.5) is 11.4 Å². The molecule has 0 saturated carbocycles. The van der Waals surface area contributed by atoms with Crippen LogP contribution >= 0.6 is 0 Å². The predicted molar refractivity (Wildman–Crippen MR) is 157 cm³/mol. The number of nitrogens with one attached hydrogen (secondary N) is 2. The van der Waals surface area contributed by atoms with Crippen molar-refractivity contribution in [2.75, 3.05) is 24.4 Å². The Balaban J connectivity index is 1.38. The molecule has 42 heavy (non-hydrogen) atoms. The van der Waals surface area contributed by atoms with Crippen LogP contribution in [0.1, 0.15) is 25.3 Å². The average Bonchev–Trinajstić information content (AvgIpc) is 3.58. The van der Waals surface area contributed by atoms with Crippen molar-refractivity contribution >= 4 is 29.1 Å². The van der Waals surface area contributed by atoms with Crippen LogP contribution < -0.4 is 15.4 Å². The zero-order chi connectivity index (χ0) is 29.5. The van der Waals surface area contributed by atoms with Crippen molar-refractivity contribution < 1.29 is 29.0 Å². The van der Waals surface area contributed by atoms with E-state index in [9.17, 15) is 19.5 Å². The lowest BCUT2D eigenvalue weighted by Gasteiger charge is -2.37. The molecule has 3 aliphatic rings. The number of hydrogen-bond donors (Lipinski definition) is 3. The Labute approximate surface area is 244 Å². The number of likely N-dealkylation sites (tertiary alicyclic amines) is 1. The molecule has 3 aromatic rings. The molecule has 3 fully saturated rings. The third-order valence-corrected chi connectivity index (χ3v) is 9.06. The Hall–Kier alpha value is -4.21. The molecule has 3 saturated heterocycles. The van der Waals surface area contributed by atoms with E-state index in [1.807, 2.05) is 55.5 Å². The summed E-state index contributed by atoms with van der Waals surface area (Å²) in [6.07, 6.45) is 1.30. The van der Waals surface area contributed by atoms with Crippen molar-refractivity contribution in [3.63, 3.8) is 0 Å². The first-order chi connectivity index (χ1) is 20.3. The summed E-state index contributed by atoms with van der Waals surface area (Å²) in [6, 6.07) is 23.8. The van der Waals surface area contributed by atoms with Crippen molar-refractivity contribution in [3.05, 3.63) is 90.5 Å². The number of carbonyl (C=O) groups excluding carboxylic acids is 3. The normalized spacial score (nSPS) is 28.3. The van der Waals surface area contributed by atoms with E-state index in [1.165, 1.54) is 4.90 Å². The molecule has 3 amide bonds. The number of aliphatic hydroxyl groups is 1. The summed E-state index contributed by atoms with van der Waals surface area (Å²) < 4.78 is 12.0. The number of ether oxygens (including phenoxy) is 2. The highest BCUT2D eigenvalue weighted by Gasteiger charge is 2.78. The maximum absolute atomic E-state index is 14.5. The number of methoxy groups -OCH3 is 1. The lowest BCUT2D eigenvalue weighted by atomic mass is 9.66. The van der Waals surface area contributed by atoms with Crippen LogP contribution in [0.2, 0.25) is 0 Å². The monoisotopic (exact) mass is 569 g/mol. The van der Waals surface area contributed by atoms with Gasteiger partial charge in [-0.15, -0.1) is 0 Å². The van der Waals surface area contributed by atoms with E-state index < -0.39 is 41.0 Å². The second-order valence-electron chi connectivity index (χ2n) is 11.6. The summed E-state index contributed by atoms with van der Waals surface area (Å²) >= 11 is 0. The minimum Gasteiger partial charge on any atom is -0.497 e. The lowest BCUT2D eigenvalue weighted by Crippen LogP contribution is -2.57. The van der Waals surface area contributed by atoms with Gasteiger partial charge in [0.2, 0.25) is 17.7 Å². The van der Waals surface area contributed by atoms with Crippen molar-refractivity contribution in [2.24, 2.45) is 11.8 Å². The fourth-order valence-electron chi connectivity index (χ4n) is 7.22. The minimum absolute atomic E-state index is 0.316. The molecule has 2 unspecified atom stereocenters. The van der Waals surface area contributed by atoms with E-state index >= 15 is 0 Å². The van der Waals surface area contributed by atoms with E-state index in [0.717, 1.165) is 5.56 Å². The topological polar surface area (TPSA) is 117 Å². The van der Waals surface area contributed by atoms with Gasteiger partial charge < -0.3 is 30.1 Å². The second-order valence-corrected chi connectivity index (χ2v) is 11.6. The molecule has 3 aliphatic heterocycles. The molecule has 0 aliphatic carbocycles. The molecule has 3 heterocycles. The number of benzene rings is 3. The largest absolute Gasteiger partial charge is 0.497 e. The fraction of sp³-hybridized carbons (Fsp3) is 0.364. The first-order valence-corrected chi connectivity index (χ1v) is 14.3. The number of anilines is 2. The Morgan fingerprint density at radius 3 is 2.21 bits per heavy atom. The Morgan fingerprint density at radius 1 is 0.952 bits per heavy atom. The van der Waals surface area contributed by atoms with Crippen LogP contribution in [0.15, 0.2) is 84.9 Å². The van der Waals surface area contributed by atoms with Gasteiger partial charge >= 0.3 is 0 Å². The number of aliphatic hydroxyl groups excluding tert-OH is 1. The maximum Gasteiger partial charge on any atom is 0.250 e. The van der Waals surface area contributed by atoms with Crippen LogP contribution in [0.3, 0.4) is 0 Å². The SMILES string of the molecule is COc1ccc(NC(=O)C2N([C@@H](CO)Cc3ccccc3)C(=O)[C@@H]3[C@@H](C(=O)Nc4ccccc4)[C@@]4(C)CCC23O4)cc1. The summed E-state index contributed by atoms with van der Waals surface area (Å²) in [7, 11) is 1.57. The first-order valence-electron chi connectivity index (χ1n) is 14.3. The number of nitrogens with zero attached hydrogens (tertiary/aromatic N) is 1. The van der Waals surface area contributed by atoms with Gasteiger partial charge in [-0.2, -0.15) is 0 Å². The van der Waals surface area contributed by atoms with Crippen LogP contribution in [-0.4, -0.2) is 64.7 Å². The van der Waals surface area contributed by atoms with Crippen LogP contribution in [-0.2, 0) is 25.5 Å². The van der Waals surface area contributed by atoms with Gasteiger partial charge in [-0.3, -0.25) is 14.4 Å². The zero-order valence-electron chi connectivity index (χ0n) is 23.7. The molecule has 9 nitrogen and oxygen atoms in total. The third-order valence-electron chi connectivity index (χ3n) is 9.06. The summed E-state index contributed by atoms with van der Waals surface area (Å²) in [5.41, 5.74) is -0.0580. The molecule has 3 N–H and O–H groups in total. The number of carbonyl (C=O) groups is 3. The maximum atomic E-state index is 14.5. The van der Waals surface area contributed by atoms with Crippen molar-refractivity contribution in [2.45, 2.75) is 49.5 Å². The van der Waals surface area contributed by atoms with Crippen LogP contribution in [0.5, 0.6) is 5.75 Å². The van der Waals surface area contributed by atoms with Gasteiger partial charge in [0.05, 0.1) is 37.2 Å². The van der Waals surface area contributed by atoms with Gasteiger partial charge in [-0.05, 0) is 68.1 Å². The summed E-state index contributed by atoms with van der Waals surface area (Å²) in [4.78, 5) is 44.0. The van der Waals surface area contributed by atoms with E-state index in [0.29, 0.717) is 36.4 Å². The van der Waals surface area contributed by atoms with Crippen molar-refractivity contribution in [1.29, 1.82) is 0 Å². The molecule has 9 heteroatoms. The smallest absolute Gasteiger partial charge is 0.250 e. The third kappa shape index (κ3) is 4.62. The fourth-order valence-corrected chi connectivity index (χ4v) is 7.22. The molecular formula is C33H35N3O6. The summed E-state index contributed by atoms with van der Waals surface area (Å²) in [5.74, 6) is -2.13. The van der Waals surface area contributed by atoms with Crippen molar-refractivity contribution in [1.82, 2.24) is 4.90 Å². The molecule has 2 bridgehead atoms. The number of hydrogen-bond acceptors (Lipinski definition) is 6. The Bertz CT molecular complexity index is 1470. The molecule has 3 aromatic carbocycles. The minimum atomic E-state index is -1.22. The predicted octanol–water partition coefficient (Wildman–Crippen LogP) is 3.64. The quantitative estimate of drug-likeness (QED) is 0.362. The van der Waals surface area contributed by atoms with Gasteiger partial charge in [-0.1, -0.05) is 48.5 Å². The van der Waals surface area contributed by atoms with Crippen molar-refractivity contribution in [3.8, 4) is 5.75 Å². The standard InChI is InChI=1S/C33H35N3O6/c1-32-17-18-33(42-32)27(26(32)29(38)34-22-11-7-4-8-12-22)31(40)36(24(20-37)19-21-9-5-3-6-10-21)28(33)30(39)35-23-13-15-25(41-2)16-14-23/h3-16,24,26-28,37H,17-20H2,1-2H3,(H,34,38)(H,35,39)/t24-,26+,27+,28?,32-,33?/m1/s1. The van der Waals surface area contributed by atoms with Gasteiger partial charge in [-0.25, -0.2) is 0 Å². The van der Waals surface area contributed by atoms with E-state index in [4.69, 9.17) is 9.47 Å². The molecular weight excluding hydrogens is 534 g/mol. The van der Waals surface area contributed by atoms with Gasteiger partial charge in [0.1, 0.15) is 17.4 Å². The van der Waals surface area contributed by atoms with E-state index in [1.54, 1.807) is 43.5 Å². The number of rotatable bonds is 9. The highest BCUT2D eigenvalue weighted by Crippen LogP contribution is 2.63. The molecule has 218 valence electrons. The van der Waals surface area contributed by atoms with Gasteiger partial charge in [0, 0.05) is 11.4 Å². The van der Waals surface area contributed by atoms with Gasteiger partial charge in [0.25, 0.3) is 0 Å². The first kappa shape index (κ1) is 27.9. The average molecular weight is 570 g/mol. The second kappa shape index (κ2) is 10.9. The highest BCUT2D eigenvalue weighted by molar-refractivity contribution is 6.05. The number of fused-ring (bicyclic) bond motifs is 1. The van der Waals surface area contributed by atoms with E-state index in [2.05, 4.69) is 10.6 Å². The summed E-state index contributed by atoms with van der Waals surface area (Å²) in [6.45, 7) is 1.51. The lowest BCUT2D eigenvalue weighted by molar-refractivity contribution is -0.146. The Morgan fingerprint density at radius 2 is 1.57 bits per heavy atom. The molecule has 1 spiro atoms. The number of para-hydroxylation sites is 1. The van der Waals surface area contributed by atoms with Crippen LogP contribution in [0.25, 0.3) is 0 Å². The summed E-state index contributed by atoms with van der Waals surface area (Å²) in [5, 5.41) is 16.5. The molecule has 0 aromatic heterocycles. The zero-order valence-corrected chi connectivity index (χ0v) is 23.7. The highest BCUT2D eigenvalue weighted by atomic mass is 16.5. The van der Waals surface area contributed by atoms with Gasteiger partial charge in [0.15, 0.2) is 0 Å².